The molecule has 1 fully saturated rings. The van der Waals surface area contributed by atoms with Gasteiger partial charge in [0.15, 0.2) is 5.60 Å². The SMILES string of the molecule is CCOC(=O)[C@@]1(O)CC[C@@H](C)C[C@@H]1c1ccccc1. The predicted molar refractivity (Wildman–Crippen MR) is 73.8 cm³/mol. The molecule has 0 unspecified atom stereocenters. The average Bonchev–Trinajstić information content (AvgIpc) is 2.43. The van der Waals surface area contributed by atoms with Crippen molar-refractivity contribution in [3.63, 3.8) is 0 Å². The van der Waals surface area contributed by atoms with Crippen LogP contribution in [0.4, 0.5) is 0 Å². The summed E-state index contributed by atoms with van der Waals surface area (Å²) in [6.45, 7) is 4.24. The van der Waals surface area contributed by atoms with Crippen molar-refractivity contribution in [3.8, 4) is 0 Å². The number of benzene rings is 1. The van der Waals surface area contributed by atoms with Crippen LogP contribution in [0.25, 0.3) is 0 Å². The average molecular weight is 262 g/mol. The third-order valence-corrected chi connectivity index (χ3v) is 4.06. The first-order valence-corrected chi connectivity index (χ1v) is 7.02. The van der Waals surface area contributed by atoms with Gasteiger partial charge in [-0.1, -0.05) is 37.3 Å². The largest absolute Gasteiger partial charge is 0.464 e. The Morgan fingerprint density at radius 1 is 1.42 bits per heavy atom. The molecule has 19 heavy (non-hydrogen) atoms. The molecule has 0 saturated heterocycles. The Labute approximate surface area is 114 Å². The summed E-state index contributed by atoms with van der Waals surface area (Å²) in [5.41, 5.74) is -0.353. The van der Waals surface area contributed by atoms with E-state index < -0.39 is 11.6 Å². The van der Waals surface area contributed by atoms with Gasteiger partial charge in [0.2, 0.25) is 0 Å². The smallest absolute Gasteiger partial charge is 0.338 e. The van der Waals surface area contributed by atoms with Crippen LogP contribution in [0.15, 0.2) is 30.3 Å². The number of ether oxygens (including phenoxy) is 1. The number of rotatable bonds is 3. The normalized spacial score (nSPS) is 30.9. The number of carbonyl (C=O) groups excluding carboxylic acids is 1. The topological polar surface area (TPSA) is 46.5 Å². The van der Waals surface area contributed by atoms with Crippen molar-refractivity contribution >= 4 is 5.97 Å². The fourth-order valence-corrected chi connectivity index (χ4v) is 2.95. The Morgan fingerprint density at radius 3 is 2.74 bits per heavy atom. The van der Waals surface area contributed by atoms with Crippen LogP contribution in [-0.4, -0.2) is 23.3 Å². The minimum Gasteiger partial charge on any atom is -0.464 e. The zero-order valence-corrected chi connectivity index (χ0v) is 11.6. The Morgan fingerprint density at radius 2 is 2.11 bits per heavy atom. The lowest BCUT2D eigenvalue weighted by molar-refractivity contribution is -0.172. The Kier molecular flexibility index (Phi) is 4.25. The fourth-order valence-electron chi connectivity index (χ4n) is 2.95. The van der Waals surface area contributed by atoms with Gasteiger partial charge in [0.25, 0.3) is 0 Å². The second-order valence-electron chi connectivity index (χ2n) is 5.49. The van der Waals surface area contributed by atoms with Crippen molar-refractivity contribution in [1.82, 2.24) is 0 Å². The molecule has 104 valence electrons. The van der Waals surface area contributed by atoms with E-state index in [1.165, 1.54) is 0 Å². The summed E-state index contributed by atoms with van der Waals surface area (Å²) >= 11 is 0. The standard InChI is InChI=1S/C16H22O3/c1-3-19-15(17)16(18)10-9-12(2)11-14(16)13-7-5-4-6-8-13/h4-8,12,14,18H,3,9-11H2,1-2H3/t12-,14-,16-/m1/s1. The van der Waals surface area contributed by atoms with Crippen LogP contribution in [0.5, 0.6) is 0 Å². The van der Waals surface area contributed by atoms with Crippen molar-refractivity contribution in [2.75, 3.05) is 6.61 Å². The highest BCUT2D eigenvalue weighted by molar-refractivity contribution is 5.81. The first-order chi connectivity index (χ1) is 9.08. The highest BCUT2D eigenvalue weighted by Gasteiger charge is 2.48. The Hall–Kier alpha value is -1.35. The first-order valence-electron chi connectivity index (χ1n) is 7.02. The highest BCUT2D eigenvalue weighted by atomic mass is 16.5. The molecule has 1 saturated carbocycles. The van der Waals surface area contributed by atoms with Crippen LogP contribution in [0.1, 0.15) is 44.6 Å². The molecule has 0 radical (unpaired) electrons. The van der Waals surface area contributed by atoms with Gasteiger partial charge in [-0.25, -0.2) is 4.79 Å². The predicted octanol–water partition coefficient (Wildman–Crippen LogP) is 2.88. The molecule has 0 spiro atoms. The van der Waals surface area contributed by atoms with Gasteiger partial charge in [-0.05, 0) is 37.7 Å². The Balaban J connectivity index is 2.31. The molecule has 1 aliphatic rings. The van der Waals surface area contributed by atoms with Gasteiger partial charge in [-0.3, -0.25) is 0 Å². The molecule has 1 aromatic rings. The van der Waals surface area contributed by atoms with Gasteiger partial charge in [-0.15, -0.1) is 0 Å². The maximum atomic E-state index is 12.1. The summed E-state index contributed by atoms with van der Waals surface area (Å²) in [5, 5.41) is 10.8. The van der Waals surface area contributed by atoms with Crippen molar-refractivity contribution < 1.29 is 14.6 Å². The van der Waals surface area contributed by atoms with Gasteiger partial charge in [0.05, 0.1) is 6.61 Å². The van der Waals surface area contributed by atoms with Gasteiger partial charge in [0, 0.05) is 5.92 Å². The molecule has 0 aliphatic heterocycles. The van der Waals surface area contributed by atoms with Crippen molar-refractivity contribution in [1.29, 1.82) is 0 Å². The van der Waals surface area contributed by atoms with Crippen LogP contribution < -0.4 is 0 Å². The van der Waals surface area contributed by atoms with E-state index in [2.05, 4.69) is 6.92 Å². The summed E-state index contributed by atoms with van der Waals surface area (Å²) in [6, 6.07) is 9.79. The summed E-state index contributed by atoms with van der Waals surface area (Å²) in [7, 11) is 0. The molecule has 0 amide bonds. The molecule has 3 heteroatoms. The fraction of sp³-hybridized carbons (Fsp3) is 0.562. The maximum absolute atomic E-state index is 12.1. The van der Waals surface area contributed by atoms with Crippen molar-refractivity contribution in [2.24, 2.45) is 5.92 Å². The number of hydrogen-bond donors (Lipinski definition) is 1. The lowest BCUT2D eigenvalue weighted by atomic mass is 9.68. The summed E-state index contributed by atoms with van der Waals surface area (Å²) < 4.78 is 5.08. The minimum atomic E-state index is -1.37. The van der Waals surface area contributed by atoms with Crippen molar-refractivity contribution in [2.45, 2.75) is 44.6 Å². The molecule has 0 aromatic heterocycles. The summed E-state index contributed by atoms with van der Waals surface area (Å²) in [5.74, 6) is -0.132. The number of carbonyl (C=O) groups is 1. The highest BCUT2D eigenvalue weighted by Crippen LogP contribution is 2.43. The third kappa shape index (κ3) is 2.81. The van der Waals surface area contributed by atoms with Gasteiger partial charge >= 0.3 is 5.97 Å². The minimum absolute atomic E-state index is 0.170. The van der Waals surface area contributed by atoms with Gasteiger partial charge in [0.1, 0.15) is 0 Å². The van der Waals surface area contributed by atoms with E-state index in [0.29, 0.717) is 18.9 Å². The number of aliphatic hydroxyl groups is 1. The van der Waals surface area contributed by atoms with Crippen molar-refractivity contribution in [3.05, 3.63) is 35.9 Å². The molecule has 1 N–H and O–H groups in total. The third-order valence-electron chi connectivity index (χ3n) is 4.06. The van der Waals surface area contributed by atoms with Crippen LogP contribution in [-0.2, 0) is 9.53 Å². The van der Waals surface area contributed by atoms with Crippen LogP contribution in [0, 0.1) is 5.92 Å². The van der Waals surface area contributed by atoms with E-state index in [9.17, 15) is 9.90 Å². The first kappa shape index (κ1) is 14.1. The number of hydrogen-bond acceptors (Lipinski definition) is 3. The molecule has 3 nitrogen and oxygen atoms in total. The maximum Gasteiger partial charge on any atom is 0.338 e. The number of esters is 1. The lowest BCUT2D eigenvalue weighted by Crippen LogP contribution is -2.49. The summed E-state index contributed by atoms with van der Waals surface area (Å²) in [4.78, 5) is 12.1. The molecular formula is C16H22O3. The van der Waals surface area contributed by atoms with Crippen LogP contribution in [0.3, 0.4) is 0 Å². The molecule has 2 rings (SSSR count). The van der Waals surface area contributed by atoms with E-state index >= 15 is 0 Å². The molecule has 1 aliphatic carbocycles. The van der Waals surface area contributed by atoms with Crippen LogP contribution >= 0.6 is 0 Å². The zero-order valence-electron chi connectivity index (χ0n) is 11.6. The van der Waals surface area contributed by atoms with Crippen LogP contribution in [0.2, 0.25) is 0 Å². The molecule has 1 aromatic carbocycles. The van der Waals surface area contributed by atoms with E-state index in [0.717, 1.165) is 18.4 Å². The Bertz CT molecular complexity index is 429. The van der Waals surface area contributed by atoms with Gasteiger partial charge < -0.3 is 9.84 Å². The van der Waals surface area contributed by atoms with Gasteiger partial charge in [-0.2, -0.15) is 0 Å². The molecule has 0 heterocycles. The molecule has 0 bridgehead atoms. The quantitative estimate of drug-likeness (QED) is 0.852. The zero-order chi connectivity index (χ0) is 13.9. The van der Waals surface area contributed by atoms with E-state index in [4.69, 9.17) is 4.74 Å². The van der Waals surface area contributed by atoms with E-state index in [1.807, 2.05) is 30.3 Å². The monoisotopic (exact) mass is 262 g/mol. The molecule has 3 atom stereocenters. The van der Waals surface area contributed by atoms with E-state index in [-0.39, 0.29) is 5.92 Å². The summed E-state index contributed by atoms with van der Waals surface area (Å²) in [6.07, 6.45) is 2.16. The molecular weight excluding hydrogens is 240 g/mol. The lowest BCUT2D eigenvalue weighted by Gasteiger charge is -2.40. The van der Waals surface area contributed by atoms with E-state index in [1.54, 1.807) is 6.92 Å². The second kappa shape index (κ2) is 5.74. The second-order valence-corrected chi connectivity index (χ2v) is 5.49.